The lowest BCUT2D eigenvalue weighted by Crippen LogP contribution is -2.17. The van der Waals surface area contributed by atoms with Gasteiger partial charge in [-0.2, -0.15) is 18.2 Å². The molecule has 1 heterocycles. The lowest BCUT2D eigenvalue weighted by molar-refractivity contribution is -0.137. The Morgan fingerprint density at radius 3 is 2.20 bits per heavy atom. The quantitative estimate of drug-likeness (QED) is 0.526. The fourth-order valence-electron chi connectivity index (χ4n) is 2.75. The first-order chi connectivity index (χ1) is 14.1. The summed E-state index contributed by atoms with van der Waals surface area (Å²) in [6.07, 6.45) is -3.79. The second kappa shape index (κ2) is 8.61. The van der Waals surface area contributed by atoms with Gasteiger partial charge in [0.25, 0.3) is 0 Å². The lowest BCUT2D eigenvalue weighted by atomic mass is 10.2. The highest BCUT2D eigenvalue weighted by atomic mass is 19.4. The first kappa shape index (κ1) is 21.4. The SMILES string of the molecule is Cc1ccc(N(C)c2ncc(C(F)(F)F)c(Nc3ccc(OC(C)C)cc3)n2)cc1. The Balaban J connectivity index is 1.92. The molecule has 158 valence electrons. The Kier molecular flexibility index (Phi) is 6.14. The van der Waals surface area contributed by atoms with Gasteiger partial charge in [0.1, 0.15) is 17.1 Å². The van der Waals surface area contributed by atoms with E-state index in [1.165, 1.54) is 0 Å². The van der Waals surface area contributed by atoms with E-state index in [-0.39, 0.29) is 17.9 Å². The molecule has 0 aliphatic rings. The molecule has 0 saturated heterocycles. The molecule has 0 unspecified atom stereocenters. The van der Waals surface area contributed by atoms with Crippen LogP contribution in [0.25, 0.3) is 0 Å². The fraction of sp³-hybridized carbons (Fsp3) is 0.273. The van der Waals surface area contributed by atoms with Crippen molar-refractivity contribution in [2.75, 3.05) is 17.3 Å². The summed E-state index contributed by atoms with van der Waals surface area (Å²) in [5, 5.41) is 2.76. The summed E-state index contributed by atoms with van der Waals surface area (Å²) in [6.45, 7) is 5.75. The third kappa shape index (κ3) is 5.20. The molecule has 0 aliphatic carbocycles. The third-order valence-corrected chi connectivity index (χ3v) is 4.29. The lowest BCUT2D eigenvalue weighted by Gasteiger charge is -2.20. The summed E-state index contributed by atoms with van der Waals surface area (Å²) in [5.74, 6) is 0.465. The van der Waals surface area contributed by atoms with Crippen LogP contribution in [0.1, 0.15) is 25.0 Å². The van der Waals surface area contributed by atoms with Crippen molar-refractivity contribution >= 4 is 23.1 Å². The van der Waals surface area contributed by atoms with Crippen LogP contribution in [0.15, 0.2) is 54.7 Å². The average Bonchev–Trinajstić information content (AvgIpc) is 2.68. The molecular formula is C22H23F3N4O. The van der Waals surface area contributed by atoms with Crippen molar-refractivity contribution in [1.82, 2.24) is 9.97 Å². The van der Waals surface area contributed by atoms with Gasteiger partial charge in [0.2, 0.25) is 5.95 Å². The minimum absolute atomic E-state index is 0.00220. The predicted octanol–water partition coefficient (Wildman–Crippen LogP) is 6.10. The zero-order valence-electron chi connectivity index (χ0n) is 17.2. The summed E-state index contributed by atoms with van der Waals surface area (Å²) >= 11 is 0. The highest BCUT2D eigenvalue weighted by molar-refractivity contribution is 5.64. The number of hydrogen-bond donors (Lipinski definition) is 1. The Morgan fingerprint density at radius 2 is 1.63 bits per heavy atom. The first-order valence-corrected chi connectivity index (χ1v) is 9.42. The largest absolute Gasteiger partial charge is 0.491 e. The minimum Gasteiger partial charge on any atom is -0.491 e. The Bertz CT molecular complexity index is 987. The molecule has 0 amide bonds. The molecule has 0 fully saturated rings. The van der Waals surface area contributed by atoms with E-state index >= 15 is 0 Å². The van der Waals surface area contributed by atoms with E-state index < -0.39 is 11.7 Å². The van der Waals surface area contributed by atoms with Crippen LogP contribution < -0.4 is 15.0 Å². The number of ether oxygens (including phenoxy) is 1. The van der Waals surface area contributed by atoms with Crippen molar-refractivity contribution < 1.29 is 17.9 Å². The van der Waals surface area contributed by atoms with Crippen LogP contribution in [-0.4, -0.2) is 23.1 Å². The molecule has 0 radical (unpaired) electrons. The van der Waals surface area contributed by atoms with Gasteiger partial charge in [0.05, 0.1) is 6.10 Å². The van der Waals surface area contributed by atoms with E-state index in [9.17, 15) is 13.2 Å². The molecular weight excluding hydrogens is 393 g/mol. The number of aryl methyl sites for hydroxylation is 1. The fourth-order valence-corrected chi connectivity index (χ4v) is 2.75. The molecule has 0 saturated carbocycles. The highest BCUT2D eigenvalue weighted by Crippen LogP contribution is 2.36. The van der Waals surface area contributed by atoms with E-state index in [1.54, 1.807) is 36.2 Å². The second-order valence-electron chi connectivity index (χ2n) is 7.14. The summed E-state index contributed by atoms with van der Waals surface area (Å²) in [4.78, 5) is 9.71. The van der Waals surface area contributed by atoms with Crippen LogP contribution in [0, 0.1) is 6.92 Å². The van der Waals surface area contributed by atoms with E-state index in [0.29, 0.717) is 11.4 Å². The Hall–Kier alpha value is -3.29. The molecule has 2 aromatic carbocycles. The number of hydrogen-bond acceptors (Lipinski definition) is 5. The maximum Gasteiger partial charge on any atom is 0.421 e. The van der Waals surface area contributed by atoms with E-state index in [1.807, 2.05) is 45.0 Å². The van der Waals surface area contributed by atoms with Gasteiger partial charge < -0.3 is 15.0 Å². The molecule has 1 N–H and O–H groups in total. The van der Waals surface area contributed by atoms with Gasteiger partial charge in [-0.05, 0) is 57.2 Å². The number of aromatic nitrogens is 2. The molecule has 8 heteroatoms. The Labute approximate surface area is 173 Å². The van der Waals surface area contributed by atoms with Crippen LogP contribution in [-0.2, 0) is 6.18 Å². The molecule has 0 spiro atoms. The molecule has 0 bridgehead atoms. The topological polar surface area (TPSA) is 50.3 Å². The summed E-state index contributed by atoms with van der Waals surface area (Å²) in [6, 6.07) is 14.2. The number of nitrogens with zero attached hydrogens (tertiary/aromatic N) is 3. The van der Waals surface area contributed by atoms with Crippen molar-refractivity contribution in [1.29, 1.82) is 0 Å². The van der Waals surface area contributed by atoms with Gasteiger partial charge in [0.15, 0.2) is 0 Å². The maximum absolute atomic E-state index is 13.5. The summed E-state index contributed by atoms with van der Waals surface area (Å²) in [5.41, 5.74) is 1.36. The standard InChI is InChI=1S/C22H23F3N4O/c1-14(2)30-18-11-7-16(8-12-18)27-20-19(22(23,24)25)13-26-21(28-20)29(4)17-9-5-15(3)6-10-17/h5-14H,1-4H3,(H,26,27,28). The van der Waals surface area contributed by atoms with Crippen molar-refractivity contribution in [3.05, 3.63) is 65.9 Å². The van der Waals surface area contributed by atoms with Crippen LogP contribution in [0.3, 0.4) is 0 Å². The van der Waals surface area contributed by atoms with Gasteiger partial charge in [-0.1, -0.05) is 17.7 Å². The second-order valence-corrected chi connectivity index (χ2v) is 7.14. The monoisotopic (exact) mass is 416 g/mol. The first-order valence-electron chi connectivity index (χ1n) is 9.42. The number of anilines is 4. The molecule has 0 atom stereocenters. The molecule has 5 nitrogen and oxygen atoms in total. The molecule has 3 aromatic rings. The van der Waals surface area contributed by atoms with Gasteiger partial charge in [0, 0.05) is 24.6 Å². The minimum atomic E-state index is -4.59. The maximum atomic E-state index is 13.5. The van der Waals surface area contributed by atoms with E-state index in [4.69, 9.17) is 4.74 Å². The van der Waals surface area contributed by atoms with Crippen LogP contribution in [0.2, 0.25) is 0 Å². The Morgan fingerprint density at radius 1 is 1.00 bits per heavy atom. The number of alkyl halides is 3. The molecule has 0 aliphatic heterocycles. The highest BCUT2D eigenvalue weighted by Gasteiger charge is 2.35. The average molecular weight is 416 g/mol. The van der Waals surface area contributed by atoms with Crippen LogP contribution in [0.4, 0.5) is 36.3 Å². The molecule has 3 rings (SSSR count). The van der Waals surface area contributed by atoms with Crippen molar-refractivity contribution in [2.24, 2.45) is 0 Å². The number of halogens is 3. The van der Waals surface area contributed by atoms with Crippen molar-refractivity contribution in [2.45, 2.75) is 33.1 Å². The normalized spacial score (nSPS) is 11.5. The number of nitrogens with one attached hydrogen (secondary N) is 1. The van der Waals surface area contributed by atoms with Gasteiger partial charge >= 0.3 is 6.18 Å². The third-order valence-electron chi connectivity index (χ3n) is 4.29. The van der Waals surface area contributed by atoms with Gasteiger partial charge in [-0.3, -0.25) is 0 Å². The zero-order valence-corrected chi connectivity index (χ0v) is 17.2. The summed E-state index contributed by atoms with van der Waals surface area (Å²) < 4.78 is 46.1. The number of benzene rings is 2. The predicted molar refractivity (Wildman–Crippen MR) is 112 cm³/mol. The van der Waals surface area contributed by atoms with E-state index in [0.717, 1.165) is 17.4 Å². The molecule has 30 heavy (non-hydrogen) atoms. The van der Waals surface area contributed by atoms with Crippen molar-refractivity contribution in [3.8, 4) is 5.75 Å². The molecule has 1 aromatic heterocycles. The van der Waals surface area contributed by atoms with Crippen LogP contribution >= 0.6 is 0 Å². The zero-order chi connectivity index (χ0) is 21.9. The van der Waals surface area contributed by atoms with E-state index in [2.05, 4.69) is 15.3 Å². The smallest absolute Gasteiger partial charge is 0.421 e. The number of rotatable bonds is 6. The van der Waals surface area contributed by atoms with Gasteiger partial charge in [-0.15, -0.1) is 0 Å². The van der Waals surface area contributed by atoms with Crippen LogP contribution in [0.5, 0.6) is 5.75 Å². The van der Waals surface area contributed by atoms with Gasteiger partial charge in [-0.25, -0.2) is 4.98 Å². The van der Waals surface area contributed by atoms with Crippen molar-refractivity contribution in [3.63, 3.8) is 0 Å². The summed E-state index contributed by atoms with van der Waals surface area (Å²) in [7, 11) is 1.70.